The standard InChI is InChI=1S/C19H19N5O5/c25-17(20-13-2-1-3-14-12(13)4-5-24(14)19(27)28)10-15-21-16(11-18(26)22-15)23-6-8-29-9-7-23/h1-5,11H,6-10H2,(H,20,25)(H,27,28)(H,21,22,26). The van der Waals surface area contributed by atoms with Crippen LogP contribution in [0.2, 0.25) is 0 Å². The Balaban J connectivity index is 1.53. The van der Waals surface area contributed by atoms with Crippen molar-refractivity contribution >= 4 is 34.4 Å². The Labute approximate surface area is 164 Å². The Hall–Kier alpha value is -3.66. The molecular formula is C19H19N5O5. The molecule has 10 heteroatoms. The quantitative estimate of drug-likeness (QED) is 0.604. The molecular weight excluding hydrogens is 378 g/mol. The second-order valence-electron chi connectivity index (χ2n) is 6.58. The molecule has 0 radical (unpaired) electrons. The summed E-state index contributed by atoms with van der Waals surface area (Å²) in [4.78, 5) is 44.7. The number of amides is 1. The average Bonchev–Trinajstić information content (AvgIpc) is 3.14. The van der Waals surface area contributed by atoms with Crippen molar-refractivity contribution in [2.45, 2.75) is 6.42 Å². The van der Waals surface area contributed by atoms with Gasteiger partial charge in [0.05, 0.1) is 30.8 Å². The van der Waals surface area contributed by atoms with Gasteiger partial charge in [0.2, 0.25) is 5.91 Å². The minimum atomic E-state index is -1.11. The van der Waals surface area contributed by atoms with Crippen LogP contribution in [0.15, 0.2) is 41.3 Å². The number of nitrogens with one attached hydrogen (secondary N) is 2. The molecule has 0 bridgehead atoms. The molecule has 0 atom stereocenters. The highest BCUT2D eigenvalue weighted by Gasteiger charge is 2.16. The summed E-state index contributed by atoms with van der Waals surface area (Å²) in [6, 6.07) is 8.04. The zero-order valence-corrected chi connectivity index (χ0v) is 15.4. The molecule has 4 rings (SSSR count). The van der Waals surface area contributed by atoms with Crippen LogP contribution < -0.4 is 15.8 Å². The van der Waals surface area contributed by atoms with E-state index in [0.717, 1.165) is 4.57 Å². The second kappa shape index (κ2) is 7.76. The number of benzene rings is 1. The number of aromatic nitrogens is 3. The maximum absolute atomic E-state index is 12.5. The van der Waals surface area contributed by atoms with Gasteiger partial charge in [-0.25, -0.2) is 9.78 Å². The van der Waals surface area contributed by atoms with Gasteiger partial charge < -0.3 is 25.0 Å². The third-order valence-electron chi connectivity index (χ3n) is 4.65. The van der Waals surface area contributed by atoms with Crippen molar-refractivity contribution in [3.63, 3.8) is 0 Å². The fraction of sp³-hybridized carbons (Fsp3) is 0.263. The number of anilines is 2. The van der Waals surface area contributed by atoms with Crippen LogP contribution in [0, 0.1) is 0 Å². The van der Waals surface area contributed by atoms with E-state index in [1.54, 1.807) is 24.3 Å². The van der Waals surface area contributed by atoms with Gasteiger partial charge in [0.15, 0.2) is 0 Å². The number of fused-ring (bicyclic) bond motifs is 1. The zero-order valence-electron chi connectivity index (χ0n) is 15.4. The van der Waals surface area contributed by atoms with Gasteiger partial charge in [-0.1, -0.05) is 6.07 Å². The molecule has 3 heterocycles. The van der Waals surface area contributed by atoms with Gasteiger partial charge in [0.1, 0.15) is 11.6 Å². The van der Waals surface area contributed by atoms with E-state index in [1.807, 2.05) is 4.90 Å². The first-order valence-corrected chi connectivity index (χ1v) is 9.07. The maximum atomic E-state index is 12.5. The predicted molar refractivity (Wildman–Crippen MR) is 106 cm³/mol. The van der Waals surface area contributed by atoms with Crippen molar-refractivity contribution in [2.75, 3.05) is 36.5 Å². The lowest BCUT2D eigenvalue weighted by molar-refractivity contribution is -0.115. The van der Waals surface area contributed by atoms with Crippen molar-refractivity contribution in [1.29, 1.82) is 0 Å². The van der Waals surface area contributed by atoms with E-state index in [4.69, 9.17) is 4.74 Å². The van der Waals surface area contributed by atoms with Gasteiger partial charge in [-0.2, -0.15) is 0 Å². The van der Waals surface area contributed by atoms with E-state index in [-0.39, 0.29) is 23.7 Å². The molecule has 1 aliphatic heterocycles. The number of aromatic amines is 1. The van der Waals surface area contributed by atoms with Gasteiger partial charge in [-0.3, -0.25) is 14.2 Å². The Bertz CT molecular complexity index is 1130. The van der Waals surface area contributed by atoms with Gasteiger partial charge in [-0.15, -0.1) is 0 Å². The van der Waals surface area contributed by atoms with Crippen molar-refractivity contribution in [1.82, 2.24) is 14.5 Å². The maximum Gasteiger partial charge on any atom is 0.416 e. The summed E-state index contributed by atoms with van der Waals surface area (Å²) in [5.41, 5.74) is 0.625. The van der Waals surface area contributed by atoms with Crippen LogP contribution in [0.4, 0.5) is 16.3 Å². The van der Waals surface area contributed by atoms with Crippen LogP contribution in [0.5, 0.6) is 0 Å². The van der Waals surface area contributed by atoms with E-state index >= 15 is 0 Å². The van der Waals surface area contributed by atoms with Crippen LogP contribution in [0.1, 0.15) is 5.82 Å². The highest BCUT2D eigenvalue weighted by Crippen LogP contribution is 2.24. The van der Waals surface area contributed by atoms with Crippen LogP contribution >= 0.6 is 0 Å². The molecule has 1 aromatic carbocycles. The normalized spacial score (nSPS) is 14.1. The van der Waals surface area contributed by atoms with E-state index in [2.05, 4.69) is 15.3 Å². The Morgan fingerprint density at radius 2 is 2.03 bits per heavy atom. The zero-order chi connectivity index (χ0) is 20.4. The largest absolute Gasteiger partial charge is 0.464 e. The van der Waals surface area contributed by atoms with E-state index < -0.39 is 6.09 Å². The predicted octanol–water partition coefficient (Wildman–Crippen LogP) is 1.27. The minimum Gasteiger partial charge on any atom is -0.464 e. The smallest absolute Gasteiger partial charge is 0.416 e. The van der Waals surface area contributed by atoms with Crippen LogP contribution in [0.25, 0.3) is 10.9 Å². The lowest BCUT2D eigenvalue weighted by Gasteiger charge is -2.27. The number of hydrogen-bond donors (Lipinski definition) is 3. The number of carboxylic acid groups (broad SMARTS) is 1. The summed E-state index contributed by atoms with van der Waals surface area (Å²) >= 11 is 0. The SMILES string of the molecule is O=C(Cc1nc(N2CCOCC2)cc(=O)[nH]1)Nc1cccc2c1ccn2C(=O)O. The molecule has 3 N–H and O–H groups in total. The third-order valence-corrected chi connectivity index (χ3v) is 4.65. The third kappa shape index (κ3) is 3.97. The topological polar surface area (TPSA) is 130 Å². The molecule has 1 aliphatic rings. The van der Waals surface area contributed by atoms with E-state index in [9.17, 15) is 19.5 Å². The molecule has 2 aromatic heterocycles. The van der Waals surface area contributed by atoms with Crippen molar-refractivity contribution in [2.24, 2.45) is 0 Å². The fourth-order valence-electron chi connectivity index (χ4n) is 3.32. The van der Waals surface area contributed by atoms with E-state index in [1.165, 1.54) is 12.3 Å². The van der Waals surface area contributed by atoms with Crippen molar-refractivity contribution in [3.05, 3.63) is 52.7 Å². The van der Waals surface area contributed by atoms with Crippen molar-refractivity contribution < 1.29 is 19.4 Å². The number of hydrogen-bond acceptors (Lipinski definition) is 6. The first-order chi connectivity index (χ1) is 14.0. The number of nitrogens with zero attached hydrogens (tertiary/aromatic N) is 3. The van der Waals surface area contributed by atoms with Gasteiger partial charge in [0, 0.05) is 30.7 Å². The summed E-state index contributed by atoms with van der Waals surface area (Å²) in [6.45, 7) is 2.38. The molecule has 29 heavy (non-hydrogen) atoms. The molecule has 0 aliphatic carbocycles. The fourth-order valence-corrected chi connectivity index (χ4v) is 3.32. The number of ether oxygens (including phenoxy) is 1. The van der Waals surface area contributed by atoms with Gasteiger partial charge in [0.25, 0.3) is 5.56 Å². The minimum absolute atomic E-state index is 0.122. The molecule has 150 valence electrons. The average molecular weight is 397 g/mol. The van der Waals surface area contributed by atoms with E-state index in [0.29, 0.717) is 48.7 Å². The molecule has 0 spiro atoms. The molecule has 1 amide bonds. The Morgan fingerprint density at radius 3 is 2.79 bits per heavy atom. The molecule has 3 aromatic rings. The van der Waals surface area contributed by atoms with Crippen LogP contribution in [-0.4, -0.2) is 57.9 Å². The number of carbonyl (C=O) groups excluding carboxylic acids is 1. The first-order valence-electron chi connectivity index (χ1n) is 9.07. The summed E-state index contributed by atoms with van der Waals surface area (Å²) in [7, 11) is 0. The number of carbonyl (C=O) groups is 2. The molecule has 0 unspecified atom stereocenters. The first kappa shape index (κ1) is 18.7. The summed E-state index contributed by atoms with van der Waals surface area (Å²) in [6.07, 6.45) is 0.196. The summed E-state index contributed by atoms with van der Waals surface area (Å²) < 4.78 is 6.39. The highest BCUT2D eigenvalue weighted by molar-refractivity contribution is 6.03. The molecule has 1 fully saturated rings. The van der Waals surface area contributed by atoms with Crippen LogP contribution in [-0.2, 0) is 16.0 Å². The number of H-pyrrole nitrogens is 1. The Kier molecular flexibility index (Phi) is 5.00. The van der Waals surface area contributed by atoms with Gasteiger partial charge in [-0.05, 0) is 18.2 Å². The summed E-state index contributed by atoms with van der Waals surface area (Å²) in [5, 5.41) is 12.6. The lowest BCUT2D eigenvalue weighted by atomic mass is 10.2. The molecule has 1 saturated heterocycles. The number of rotatable bonds is 4. The van der Waals surface area contributed by atoms with Crippen LogP contribution in [0.3, 0.4) is 0 Å². The monoisotopic (exact) mass is 397 g/mol. The second-order valence-corrected chi connectivity index (χ2v) is 6.58. The lowest BCUT2D eigenvalue weighted by Crippen LogP contribution is -2.37. The summed E-state index contributed by atoms with van der Waals surface area (Å²) in [5.74, 6) is 0.398. The highest BCUT2D eigenvalue weighted by atomic mass is 16.5. The number of morpholine rings is 1. The van der Waals surface area contributed by atoms with Crippen molar-refractivity contribution in [3.8, 4) is 0 Å². The Morgan fingerprint density at radius 1 is 1.24 bits per heavy atom. The molecule has 0 saturated carbocycles. The molecule has 10 nitrogen and oxygen atoms in total. The van der Waals surface area contributed by atoms with Gasteiger partial charge >= 0.3 is 6.09 Å².